The molecule has 20 heavy (non-hydrogen) atoms. The first-order valence-electron chi connectivity index (χ1n) is 6.48. The summed E-state index contributed by atoms with van der Waals surface area (Å²) < 4.78 is 1.93. The van der Waals surface area contributed by atoms with Gasteiger partial charge in [-0.2, -0.15) is 0 Å². The summed E-state index contributed by atoms with van der Waals surface area (Å²) in [6.45, 7) is 5.35. The molecule has 2 rings (SSSR count). The van der Waals surface area contributed by atoms with Gasteiger partial charge < -0.3 is 5.32 Å². The van der Waals surface area contributed by atoms with Crippen molar-refractivity contribution in [1.29, 1.82) is 0 Å². The highest BCUT2D eigenvalue weighted by Crippen LogP contribution is 2.34. The van der Waals surface area contributed by atoms with Crippen LogP contribution in [0.4, 0.5) is 0 Å². The minimum Gasteiger partial charge on any atom is -0.310 e. The van der Waals surface area contributed by atoms with Gasteiger partial charge in [-0.3, -0.25) is 0 Å². The lowest BCUT2D eigenvalue weighted by molar-refractivity contribution is 0.560. The lowest BCUT2D eigenvalue weighted by atomic mass is 10.1. The highest BCUT2D eigenvalue weighted by molar-refractivity contribution is 8.03. The molecular formula is C13H18N4S3. The summed E-state index contributed by atoms with van der Waals surface area (Å²) in [7, 11) is 0. The molecule has 1 unspecified atom stereocenters. The predicted molar refractivity (Wildman–Crippen MR) is 86.8 cm³/mol. The smallest absolute Gasteiger partial charge is 0.181 e. The zero-order chi connectivity index (χ0) is 14.4. The Labute approximate surface area is 132 Å². The molecule has 0 saturated carbocycles. The van der Waals surface area contributed by atoms with E-state index in [1.807, 2.05) is 18.5 Å². The first-order valence-corrected chi connectivity index (χ1v) is 9.34. The highest BCUT2D eigenvalue weighted by Gasteiger charge is 2.14. The van der Waals surface area contributed by atoms with Crippen LogP contribution in [0.2, 0.25) is 0 Å². The van der Waals surface area contributed by atoms with E-state index < -0.39 is 0 Å². The van der Waals surface area contributed by atoms with Gasteiger partial charge >= 0.3 is 0 Å². The van der Waals surface area contributed by atoms with Gasteiger partial charge in [-0.1, -0.05) is 36.1 Å². The maximum atomic E-state index is 4.49. The van der Waals surface area contributed by atoms with E-state index in [1.165, 1.54) is 5.56 Å². The maximum absolute atomic E-state index is 4.49. The molecule has 0 fully saturated rings. The molecule has 2 aromatic rings. The summed E-state index contributed by atoms with van der Waals surface area (Å²) in [6, 6.07) is 4.40. The minimum absolute atomic E-state index is 0.291. The van der Waals surface area contributed by atoms with Crippen molar-refractivity contribution in [3.8, 4) is 0 Å². The van der Waals surface area contributed by atoms with Crippen LogP contribution in [-0.2, 0) is 0 Å². The van der Waals surface area contributed by atoms with Gasteiger partial charge in [0.1, 0.15) is 5.03 Å². The molecule has 0 aromatic carbocycles. The lowest BCUT2D eigenvalue weighted by Crippen LogP contribution is -2.20. The fraction of sp³-hybridized carbons (Fsp3) is 0.462. The molecule has 0 radical (unpaired) electrons. The second-order valence-electron chi connectivity index (χ2n) is 4.21. The van der Waals surface area contributed by atoms with Crippen molar-refractivity contribution >= 4 is 34.9 Å². The number of pyridine rings is 1. The summed E-state index contributed by atoms with van der Waals surface area (Å²) in [4.78, 5) is 4.49. The standard InChI is InChI=1S/C13H18N4S3/c1-4-7-14-9(2)10-6-5-8-15-11(10)19-13-17-16-12(18-3)20-13/h5-6,8-9,14H,4,7H2,1-3H3. The highest BCUT2D eigenvalue weighted by atomic mass is 32.2. The molecule has 0 spiro atoms. The van der Waals surface area contributed by atoms with Crippen LogP contribution in [-0.4, -0.2) is 28.0 Å². The SMILES string of the molecule is CCCNC(C)c1cccnc1Sc1nnc(SC)s1. The number of nitrogens with zero attached hydrogens (tertiary/aromatic N) is 3. The quantitative estimate of drug-likeness (QED) is 0.780. The van der Waals surface area contributed by atoms with Gasteiger partial charge in [-0.15, -0.1) is 10.2 Å². The molecule has 0 aliphatic carbocycles. The Bertz CT molecular complexity index is 544. The Morgan fingerprint density at radius 2 is 2.15 bits per heavy atom. The second-order valence-corrected chi connectivity index (χ2v) is 7.48. The van der Waals surface area contributed by atoms with Gasteiger partial charge in [0.2, 0.25) is 0 Å². The van der Waals surface area contributed by atoms with E-state index in [4.69, 9.17) is 0 Å². The van der Waals surface area contributed by atoms with Crippen LogP contribution in [0.15, 0.2) is 32.0 Å². The van der Waals surface area contributed by atoms with E-state index in [9.17, 15) is 0 Å². The molecular weight excluding hydrogens is 308 g/mol. The van der Waals surface area contributed by atoms with Gasteiger partial charge in [-0.05, 0) is 44.0 Å². The third-order valence-corrected chi connectivity index (χ3v) is 5.70. The van der Waals surface area contributed by atoms with E-state index in [0.717, 1.165) is 26.7 Å². The minimum atomic E-state index is 0.291. The molecule has 0 amide bonds. The van der Waals surface area contributed by atoms with Crippen LogP contribution in [0, 0.1) is 0 Å². The van der Waals surface area contributed by atoms with E-state index in [1.54, 1.807) is 34.9 Å². The van der Waals surface area contributed by atoms with Crippen LogP contribution >= 0.6 is 34.9 Å². The van der Waals surface area contributed by atoms with Crippen LogP contribution in [0.1, 0.15) is 31.9 Å². The second kappa shape index (κ2) is 7.97. The molecule has 1 N–H and O–H groups in total. The van der Waals surface area contributed by atoms with Crippen molar-refractivity contribution in [2.45, 2.75) is 40.0 Å². The monoisotopic (exact) mass is 326 g/mol. The Kier molecular flexibility index (Phi) is 6.28. The van der Waals surface area contributed by atoms with Crippen molar-refractivity contribution in [1.82, 2.24) is 20.5 Å². The van der Waals surface area contributed by atoms with Gasteiger partial charge in [0.25, 0.3) is 0 Å². The molecule has 0 saturated heterocycles. The fourth-order valence-electron chi connectivity index (χ4n) is 1.69. The fourth-order valence-corrected chi connectivity index (χ4v) is 4.22. The summed E-state index contributed by atoms with van der Waals surface area (Å²) in [6.07, 6.45) is 4.97. The number of nitrogens with one attached hydrogen (secondary N) is 1. The average Bonchev–Trinajstić information content (AvgIpc) is 2.93. The van der Waals surface area contributed by atoms with Gasteiger partial charge in [-0.25, -0.2) is 4.98 Å². The Hall–Kier alpha value is -0.630. The Balaban J connectivity index is 2.14. The molecule has 0 aliphatic rings. The van der Waals surface area contributed by atoms with Crippen LogP contribution < -0.4 is 5.32 Å². The third-order valence-electron chi connectivity index (χ3n) is 2.71. The summed E-state index contributed by atoms with van der Waals surface area (Å²) in [5.74, 6) is 0. The summed E-state index contributed by atoms with van der Waals surface area (Å²) in [5, 5.41) is 12.8. The summed E-state index contributed by atoms with van der Waals surface area (Å²) in [5.41, 5.74) is 1.21. The predicted octanol–water partition coefficient (Wildman–Crippen LogP) is 3.87. The third kappa shape index (κ3) is 4.18. The van der Waals surface area contributed by atoms with E-state index in [0.29, 0.717) is 6.04 Å². The molecule has 1 atom stereocenters. The molecule has 2 heterocycles. The molecule has 2 aromatic heterocycles. The number of hydrogen-bond acceptors (Lipinski definition) is 7. The Morgan fingerprint density at radius 3 is 2.85 bits per heavy atom. The number of hydrogen-bond donors (Lipinski definition) is 1. The number of thioether (sulfide) groups is 1. The zero-order valence-corrected chi connectivity index (χ0v) is 14.2. The average molecular weight is 327 g/mol. The number of aromatic nitrogens is 3. The van der Waals surface area contributed by atoms with Crippen LogP contribution in [0.3, 0.4) is 0 Å². The largest absolute Gasteiger partial charge is 0.310 e. The number of rotatable bonds is 7. The van der Waals surface area contributed by atoms with Gasteiger partial charge in [0.05, 0.1) is 0 Å². The zero-order valence-electron chi connectivity index (χ0n) is 11.8. The lowest BCUT2D eigenvalue weighted by Gasteiger charge is -2.15. The first-order chi connectivity index (χ1) is 9.74. The van der Waals surface area contributed by atoms with Gasteiger partial charge in [0.15, 0.2) is 8.68 Å². The van der Waals surface area contributed by atoms with Crippen molar-refractivity contribution in [3.05, 3.63) is 23.9 Å². The van der Waals surface area contributed by atoms with Crippen LogP contribution in [0.5, 0.6) is 0 Å². The Morgan fingerprint density at radius 1 is 1.35 bits per heavy atom. The van der Waals surface area contributed by atoms with Crippen molar-refractivity contribution in [2.24, 2.45) is 0 Å². The van der Waals surface area contributed by atoms with Gasteiger partial charge in [0, 0.05) is 17.8 Å². The molecule has 0 aliphatic heterocycles. The first kappa shape index (κ1) is 15.8. The molecule has 0 bridgehead atoms. The van der Waals surface area contributed by atoms with Crippen LogP contribution in [0.25, 0.3) is 0 Å². The van der Waals surface area contributed by atoms with E-state index in [-0.39, 0.29) is 0 Å². The maximum Gasteiger partial charge on any atom is 0.181 e. The van der Waals surface area contributed by atoms with E-state index in [2.05, 4.69) is 40.4 Å². The van der Waals surface area contributed by atoms with E-state index >= 15 is 0 Å². The molecule has 108 valence electrons. The summed E-state index contributed by atoms with van der Waals surface area (Å²) >= 11 is 4.82. The topological polar surface area (TPSA) is 50.7 Å². The van der Waals surface area contributed by atoms with Crippen molar-refractivity contribution in [2.75, 3.05) is 12.8 Å². The molecule has 7 heteroatoms. The van der Waals surface area contributed by atoms with Crippen molar-refractivity contribution < 1.29 is 0 Å². The van der Waals surface area contributed by atoms with Crippen molar-refractivity contribution in [3.63, 3.8) is 0 Å². The molecule has 4 nitrogen and oxygen atoms in total. The normalized spacial score (nSPS) is 12.6.